The lowest BCUT2D eigenvalue weighted by atomic mass is 9.98. The third-order valence-corrected chi connectivity index (χ3v) is 4.66. The summed E-state index contributed by atoms with van der Waals surface area (Å²) in [5.74, 6) is 0.347. The van der Waals surface area contributed by atoms with Crippen molar-refractivity contribution < 1.29 is 4.79 Å². The van der Waals surface area contributed by atoms with Crippen LogP contribution in [0.4, 0.5) is 11.4 Å². The smallest absolute Gasteiger partial charge is 0.248 e. The predicted octanol–water partition coefficient (Wildman–Crippen LogP) is 4.12. The number of benzene rings is 3. The Morgan fingerprint density at radius 1 is 1.03 bits per heavy atom. The van der Waals surface area contributed by atoms with E-state index in [1.165, 1.54) is 12.4 Å². The Labute approximate surface area is 179 Å². The van der Waals surface area contributed by atoms with E-state index in [4.69, 9.17) is 11.1 Å². The second-order valence-corrected chi connectivity index (χ2v) is 6.83. The summed E-state index contributed by atoms with van der Waals surface area (Å²) in [5.41, 5.74) is 10.4. The molecule has 1 heterocycles. The van der Waals surface area contributed by atoms with Gasteiger partial charge in [0, 0.05) is 34.1 Å². The Balaban J connectivity index is 1.53. The topological polar surface area (TPSA) is 121 Å². The van der Waals surface area contributed by atoms with E-state index in [0.29, 0.717) is 28.3 Å². The van der Waals surface area contributed by atoms with Crippen molar-refractivity contribution in [3.05, 3.63) is 102 Å². The van der Waals surface area contributed by atoms with Crippen LogP contribution in [-0.2, 0) is 4.79 Å². The van der Waals surface area contributed by atoms with Gasteiger partial charge in [0.2, 0.25) is 5.91 Å². The van der Waals surface area contributed by atoms with Crippen LogP contribution in [0.3, 0.4) is 0 Å². The van der Waals surface area contributed by atoms with Crippen molar-refractivity contribution in [2.45, 2.75) is 0 Å². The molecule has 0 unspecified atom stereocenters. The molecule has 0 saturated heterocycles. The summed E-state index contributed by atoms with van der Waals surface area (Å²) in [6.45, 7) is 0. The van der Waals surface area contributed by atoms with Gasteiger partial charge in [0.05, 0.1) is 5.71 Å². The van der Waals surface area contributed by atoms with Crippen LogP contribution in [0.15, 0.2) is 85.2 Å². The molecule has 0 aliphatic carbocycles. The normalized spacial score (nSPS) is 10.8. The first-order valence-corrected chi connectivity index (χ1v) is 9.59. The van der Waals surface area contributed by atoms with Crippen LogP contribution >= 0.6 is 0 Å². The number of H-pyrrole nitrogens is 1. The summed E-state index contributed by atoms with van der Waals surface area (Å²) in [6.07, 6.45) is 4.65. The zero-order chi connectivity index (χ0) is 21.6. The number of rotatable bonds is 6. The molecule has 0 aliphatic heterocycles. The molecular weight excluding hydrogens is 388 g/mol. The minimum Gasteiger partial charge on any atom is -0.398 e. The molecule has 0 atom stereocenters. The number of hydrogen-bond donors (Lipinski definition) is 4. The number of anilines is 2. The second-order valence-electron chi connectivity index (χ2n) is 6.83. The molecule has 31 heavy (non-hydrogen) atoms. The number of nitrogen functional groups attached to an aromatic ring is 1. The quantitative estimate of drug-likeness (QED) is 0.218. The first-order valence-electron chi connectivity index (χ1n) is 9.59. The number of carbonyl (C=O) groups excluding carboxylic acids is 1. The summed E-state index contributed by atoms with van der Waals surface area (Å²) < 4.78 is 0. The van der Waals surface area contributed by atoms with E-state index in [1.807, 2.05) is 36.4 Å². The van der Waals surface area contributed by atoms with Crippen LogP contribution < -0.4 is 11.1 Å². The highest BCUT2D eigenvalue weighted by atomic mass is 16.1. The van der Waals surface area contributed by atoms with Crippen molar-refractivity contribution in [2.24, 2.45) is 0 Å². The van der Waals surface area contributed by atoms with Gasteiger partial charge in [-0.25, -0.2) is 4.98 Å². The van der Waals surface area contributed by atoms with Crippen molar-refractivity contribution in [1.29, 1.82) is 5.41 Å². The molecule has 0 aliphatic rings. The number of aromatic nitrogens is 3. The summed E-state index contributed by atoms with van der Waals surface area (Å²) >= 11 is 0. The van der Waals surface area contributed by atoms with Gasteiger partial charge in [-0.05, 0) is 42.0 Å². The largest absolute Gasteiger partial charge is 0.398 e. The molecule has 4 rings (SSSR count). The third-order valence-electron chi connectivity index (χ3n) is 4.66. The Kier molecular flexibility index (Phi) is 5.66. The number of nitrogens with zero attached hydrogens (tertiary/aromatic N) is 2. The lowest BCUT2D eigenvalue weighted by molar-refractivity contribution is -0.111. The molecule has 1 aromatic heterocycles. The number of carbonyl (C=O) groups is 1. The van der Waals surface area contributed by atoms with E-state index in [-0.39, 0.29) is 11.6 Å². The highest BCUT2D eigenvalue weighted by Crippen LogP contribution is 2.24. The van der Waals surface area contributed by atoms with Gasteiger partial charge in [0.1, 0.15) is 6.33 Å². The van der Waals surface area contributed by atoms with E-state index in [1.54, 1.807) is 42.5 Å². The van der Waals surface area contributed by atoms with Crippen molar-refractivity contribution in [1.82, 2.24) is 15.2 Å². The fraction of sp³-hybridized carbons (Fsp3) is 0. The van der Waals surface area contributed by atoms with Crippen LogP contribution in [0, 0.1) is 5.41 Å². The van der Waals surface area contributed by atoms with Crippen LogP contribution in [0.25, 0.3) is 17.5 Å². The molecule has 4 aromatic rings. The Morgan fingerprint density at radius 2 is 1.87 bits per heavy atom. The minimum atomic E-state index is -0.251. The van der Waals surface area contributed by atoms with Gasteiger partial charge in [0.25, 0.3) is 0 Å². The number of aromatic amines is 1. The summed E-state index contributed by atoms with van der Waals surface area (Å²) in [6, 6.07) is 22.1. The SMILES string of the molecule is N=C(c1cccc(NC(=O)/C=C/c2ccccc2)c1)c1cc(-c2ncn[nH]2)ccc1N. The summed E-state index contributed by atoms with van der Waals surface area (Å²) in [4.78, 5) is 16.4. The lowest BCUT2D eigenvalue weighted by Crippen LogP contribution is -2.10. The number of hydrogen-bond acceptors (Lipinski definition) is 5. The van der Waals surface area contributed by atoms with E-state index >= 15 is 0 Å². The predicted molar refractivity (Wildman–Crippen MR) is 123 cm³/mol. The maximum Gasteiger partial charge on any atom is 0.248 e. The Bertz CT molecular complexity index is 1250. The molecule has 0 spiro atoms. The van der Waals surface area contributed by atoms with Crippen LogP contribution in [0.5, 0.6) is 0 Å². The maximum atomic E-state index is 12.3. The molecule has 3 aromatic carbocycles. The van der Waals surface area contributed by atoms with Crippen LogP contribution in [0.1, 0.15) is 16.7 Å². The standard InChI is InChI=1S/C24H20N6O/c25-21-11-10-18(24-27-15-28-30-24)14-20(21)23(26)17-7-4-8-19(13-17)29-22(31)12-9-16-5-2-1-3-6-16/h1-15,26H,25H2,(H,29,31)(H,27,28,30)/b12-9+,26-23?. The van der Waals surface area contributed by atoms with Gasteiger partial charge in [0.15, 0.2) is 5.82 Å². The Morgan fingerprint density at radius 3 is 2.65 bits per heavy atom. The lowest BCUT2D eigenvalue weighted by Gasteiger charge is -2.11. The fourth-order valence-corrected chi connectivity index (χ4v) is 3.09. The summed E-state index contributed by atoms with van der Waals surface area (Å²) in [5, 5.41) is 18.2. The Hall–Kier alpha value is -4.52. The van der Waals surface area contributed by atoms with Gasteiger partial charge in [-0.1, -0.05) is 42.5 Å². The van der Waals surface area contributed by atoms with Crippen molar-refractivity contribution in [3.8, 4) is 11.4 Å². The van der Waals surface area contributed by atoms with Crippen molar-refractivity contribution in [3.63, 3.8) is 0 Å². The van der Waals surface area contributed by atoms with E-state index in [9.17, 15) is 4.79 Å². The van der Waals surface area contributed by atoms with Gasteiger partial charge in [-0.2, -0.15) is 5.10 Å². The molecule has 0 bridgehead atoms. The van der Waals surface area contributed by atoms with E-state index in [2.05, 4.69) is 20.5 Å². The van der Waals surface area contributed by atoms with Gasteiger partial charge < -0.3 is 11.1 Å². The van der Waals surface area contributed by atoms with Crippen molar-refractivity contribution >= 4 is 29.1 Å². The molecule has 1 amide bonds. The monoisotopic (exact) mass is 408 g/mol. The number of amides is 1. The molecule has 5 N–H and O–H groups in total. The van der Waals surface area contributed by atoms with Crippen LogP contribution in [0.2, 0.25) is 0 Å². The first kappa shape index (κ1) is 19.8. The number of nitrogens with two attached hydrogens (primary N) is 1. The van der Waals surface area contributed by atoms with E-state index in [0.717, 1.165) is 11.1 Å². The fourth-order valence-electron chi connectivity index (χ4n) is 3.09. The number of nitrogens with one attached hydrogen (secondary N) is 3. The van der Waals surface area contributed by atoms with Crippen molar-refractivity contribution in [2.75, 3.05) is 11.1 Å². The molecule has 152 valence electrons. The first-order chi connectivity index (χ1) is 15.1. The van der Waals surface area contributed by atoms with Gasteiger partial charge in [-0.15, -0.1) is 0 Å². The molecule has 0 saturated carbocycles. The maximum absolute atomic E-state index is 12.3. The zero-order valence-electron chi connectivity index (χ0n) is 16.5. The molecule has 0 radical (unpaired) electrons. The molecular formula is C24H20N6O. The third kappa shape index (κ3) is 4.73. The molecule has 7 nitrogen and oxygen atoms in total. The molecule has 0 fully saturated rings. The van der Waals surface area contributed by atoms with Crippen LogP contribution in [-0.4, -0.2) is 26.8 Å². The highest BCUT2D eigenvalue weighted by Gasteiger charge is 2.12. The summed E-state index contributed by atoms with van der Waals surface area (Å²) in [7, 11) is 0. The average Bonchev–Trinajstić information content (AvgIpc) is 3.33. The van der Waals surface area contributed by atoms with Gasteiger partial charge >= 0.3 is 0 Å². The van der Waals surface area contributed by atoms with Gasteiger partial charge in [-0.3, -0.25) is 15.3 Å². The second kappa shape index (κ2) is 8.87. The minimum absolute atomic E-state index is 0.245. The molecule has 7 heteroatoms. The van der Waals surface area contributed by atoms with E-state index < -0.39 is 0 Å². The zero-order valence-corrected chi connectivity index (χ0v) is 16.5. The average molecular weight is 408 g/mol. The highest BCUT2D eigenvalue weighted by molar-refractivity contribution is 6.15.